The number of rotatable bonds is 3. The number of fused-ring (bicyclic) bond motifs is 1. The van der Waals surface area contributed by atoms with Gasteiger partial charge in [-0.1, -0.05) is 6.42 Å². The summed E-state index contributed by atoms with van der Waals surface area (Å²) < 4.78 is 7.87. The van der Waals surface area contributed by atoms with E-state index in [9.17, 15) is 0 Å². The van der Waals surface area contributed by atoms with E-state index in [1.54, 1.807) is 0 Å². The van der Waals surface area contributed by atoms with Crippen LogP contribution in [0.1, 0.15) is 32.0 Å². The fourth-order valence-corrected chi connectivity index (χ4v) is 2.71. The van der Waals surface area contributed by atoms with E-state index in [2.05, 4.69) is 21.7 Å². The number of ether oxygens (including phenoxy) is 1. The van der Waals surface area contributed by atoms with Gasteiger partial charge in [-0.2, -0.15) is 0 Å². The Hall–Kier alpha value is -1.48. The van der Waals surface area contributed by atoms with Crippen molar-refractivity contribution in [1.29, 1.82) is 0 Å². The first-order chi connectivity index (χ1) is 9.38. The smallest absolute Gasteiger partial charge is 0.119 e. The van der Waals surface area contributed by atoms with Crippen LogP contribution in [0.15, 0.2) is 30.5 Å². The van der Waals surface area contributed by atoms with Gasteiger partial charge in [0.05, 0.1) is 18.5 Å². The number of benzene rings is 1. The van der Waals surface area contributed by atoms with Crippen LogP contribution in [-0.4, -0.2) is 16.2 Å². The van der Waals surface area contributed by atoms with E-state index in [0.29, 0.717) is 6.61 Å². The summed E-state index contributed by atoms with van der Waals surface area (Å²) in [7, 11) is 0. The first-order valence-corrected chi connectivity index (χ1v) is 7.16. The average molecular weight is 292 g/mol. The maximum Gasteiger partial charge on any atom is 0.119 e. The van der Waals surface area contributed by atoms with Gasteiger partial charge >= 0.3 is 0 Å². The average Bonchev–Trinajstić information content (AvgIpc) is 2.69. The van der Waals surface area contributed by atoms with Crippen molar-refractivity contribution in [2.45, 2.75) is 39.2 Å². The van der Waals surface area contributed by atoms with Crippen LogP contribution in [0.2, 0.25) is 0 Å². The number of aryl methyl sites for hydroxylation is 1. The highest BCUT2D eigenvalue weighted by molar-refractivity contribution is 5.60. The standard InChI is InChI=1S/C16H20N2O.ClH/c1-2-19-14-9-7-13(8-10-14)15-12-17-16-6-4-3-5-11-18(15)16;/h7-10,12H,2-6,11H2,1H3;1H/p-1. The Morgan fingerprint density at radius 3 is 2.70 bits per heavy atom. The topological polar surface area (TPSA) is 27.1 Å². The van der Waals surface area contributed by atoms with Crippen molar-refractivity contribution in [2.24, 2.45) is 0 Å². The lowest BCUT2D eigenvalue weighted by molar-refractivity contribution is -0.00000455. The lowest BCUT2D eigenvalue weighted by Gasteiger charge is -2.09. The van der Waals surface area contributed by atoms with E-state index >= 15 is 0 Å². The van der Waals surface area contributed by atoms with Gasteiger partial charge in [0, 0.05) is 18.5 Å². The molecule has 0 aliphatic carbocycles. The number of hydrogen-bond acceptors (Lipinski definition) is 2. The van der Waals surface area contributed by atoms with Crippen LogP contribution in [0.3, 0.4) is 0 Å². The highest BCUT2D eigenvalue weighted by Crippen LogP contribution is 2.26. The molecule has 1 aromatic carbocycles. The van der Waals surface area contributed by atoms with Crippen LogP contribution < -0.4 is 17.1 Å². The molecule has 1 aromatic heterocycles. The molecule has 3 rings (SSSR count). The van der Waals surface area contributed by atoms with Gasteiger partial charge in [0.25, 0.3) is 0 Å². The number of halogens is 1. The van der Waals surface area contributed by atoms with Gasteiger partial charge in [-0.3, -0.25) is 0 Å². The number of nitrogens with zero attached hydrogens (tertiary/aromatic N) is 2. The molecule has 3 nitrogen and oxygen atoms in total. The van der Waals surface area contributed by atoms with E-state index in [-0.39, 0.29) is 12.4 Å². The van der Waals surface area contributed by atoms with Crippen molar-refractivity contribution in [3.63, 3.8) is 0 Å². The monoisotopic (exact) mass is 291 g/mol. The Balaban J connectivity index is 0.00000147. The second-order valence-electron chi connectivity index (χ2n) is 4.98. The summed E-state index contributed by atoms with van der Waals surface area (Å²) in [4.78, 5) is 4.58. The summed E-state index contributed by atoms with van der Waals surface area (Å²) in [6, 6.07) is 8.32. The summed E-state index contributed by atoms with van der Waals surface area (Å²) >= 11 is 0. The number of hydrogen-bond donors (Lipinski definition) is 0. The van der Waals surface area contributed by atoms with Crippen molar-refractivity contribution in [3.8, 4) is 17.0 Å². The molecule has 2 heterocycles. The summed E-state index contributed by atoms with van der Waals surface area (Å²) in [6.07, 6.45) is 6.95. The highest BCUT2D eigenvalue weighted by Gasteiger charge is 2.13. The molecule has 108 valence electrons. The van der Waals surface area contributed by atoms with Crippen molar-refractivity contribution in [1.82, 2.24) is 9.55 Å². The second kappa shape index (κ2) is 6.80. The van der Waals surface area contributed by atoms with Crippen molar-refractivity contribution < 1.29 is 17.1 Å². The van der Waals surface area contributed by atoms with E-state index in [4.69, 9.17) is 4.74 Å². The third-order valence-corrected chi connectivity index (χ3v) is 3.68. The minimum Gasteiger partial charge on any atom is -1.00 e. The van der Waals surface area contributed by atoms with Gasteiger partial charge in [0.2, 0.25) is 0 Å². The van der Waals surface area contributed by atoms with Crippen LogP contribution in [0.5, 0.6) is 5.75 Å². The normalized spacial score (nSPS) is 14.1. The predicted molar refractivity (Wildman–Crippen MR) is 76.4 cm³/mol. The SMILES string of the molecule is CCOc1ccc(-c2cnc3n2CCCCC3)cc1.[Cl-]. The molecule has 0 N–H and O–H groups in total. The fraction of sp³-hybridized carbons (Fsp3) is 0.438. The molecule has 0 unspecified atom stereocenters. The summed E-state index contributed by atoms with van der Waals surface area (Å²) in [5.41, 5.74) is 2.46. The third-order valence-electron chi connectivity index (χ3n) is 3.68. The predicted octanol–water partition coefficient (Wildman–Crippen LogP) is 0.679. The molecule has 0 fully saturated rings. The van der Waals surface area contributed by atoms with Gasteiger partial charge < -0.3 is 21.7 Å². The van der Waals surface area contributed by atoms with E-state index in [0.717, 1.165) is 18.7 Å². The Kier molecular flexibility index (Phi) is 5.07. The summed E-state index contributed by atoms with van der Waals surface area (Å²) in [5.74, 6) is 2.17. The molecule has 0 saturated carbocycles. The quantitative estimate of drug-likeness (QED) is 0.832. The second-order valence-corrected chi connectivity index (χ2v) is 4.98. The molecule has 0 saturated heterocycles. The van der Waals surface area contributed by atoms with Crippen LogP contribution in [-0.2, 0) is 13.0 Å². The zero-order valence-corrected chi connectivity index (χ0v) is 12.6. The molecular formula is C16H20ClN2O-. The van der Waals surface area contributed by atoms with Crippen molar-refractivity contribution in [2.75, 3.05) is 6.61 Å². The largest absolute Gasteiger partial charge is 1.00 e. The molecular weight excluding hydrogens is 272 g/mol. The lowest BCUT2D eigenvalue weighted by Crippen LogP contribution is -3.00. The summed E-state index contributed by atoms with van der Waals surface area (Å²) in [6.45, 7) is 3.81. The zero-order chi connectivity index (χ0) is 13.1. The maximum absolute atomic E-state index is 5.49. The molecule has 4 heteroatoms. The first kappa shape index (κ1) is 14.9. The van der Waals surface area contributed by atoms with Gasteiger partial charge in [0.1, 0.15) is 11.6 Å². The number of imidazole rings is 1. The van der Waals surface area contributed by atoms with Gasteiger partial charge in [-0.05, 0) is 44.0 Å². The van der Waals surface area contributed by atoms with Crippen LogP contribution in [0.4, 0.5) is 0 Å². The third kappa shape index (κ3) is 2.98. The van der Waals surface area contributed by atoms with Crippen molar-refractivity contribution in [3.05, 3.63) is 36.3 Å². The van der Waals surface area contributed by atoms with E-state index in [1.165, 1.54) is 36.3 Å². The minimum absolute atomic E-state index is 0. The number of aromatic nitrogens is 2. The molecule has 20 heavy (non-hydrogen) atoms. The van der Waals surface area contributed by atoms with Gasteiger partial charge in [-0.15, -0.1) is 0 Å². The molecule has 2 aromatic rings. The summed E-state index contributed by atoms with van der Waals surface area (Å²) in [5, 5.41) is 0. The molecule has 0 bridgehead atoms. The van der Waals surface area contributed by atoms with Crippen molar-refractivity contribution >= 4 is 0 Å². The van der Waals surface area contributed by atoms with Gasteiger partial charge in [-0.25, -0.2) is 4.98 Å². The molecule has 0 spiro atoms. The van der Waals surface area contributed by atoms with E-state index < -0.39 is 0 Å². The van der Waals surface area contributed by atoms with Crippen LogP contribution in [0, 0.1) is 0 Å². The Morgan fingerprint density at radius 1 is 1.15 bits per heavy atom. The Bertz CT molecular complexity index is 548. The Labute approximate surface area is 126 Å². The van der Waals surface area contributed by atoms with Gasteiger partial charge in [0.15, 0.2) is 0 Å². The Morgan fingerprint density at radius 2 is 1.95 bits per heavy atom. The molecule has 1 aliphatic rings. The fourth-order valence-electron chi connectivity index (χ4n) is 2.71. The first-order valence-electron chi connectivity index (χ1n) is 7.16. The molecule has 0 radical (unpaired) electrons. The molecule has 1 aliphatic heterocycles. The van der Waals surface area contributed by atoms with E-state index in [1.807, 2.05) is 25.3 Å². The minimum atomic E-state index is 0. The lowest BCUT2D eigenvalue weighted by atomic mass is 10.1. The maximum atomic E-state index is 5.49. The zero-order valence-electron chi connectivity index (χ0n) is 11.8. The molecule has 0 amide bonds. The van der Waals surface area contributed by atoms with Crippen LogP contribution in [0.25, 0.3) is 11.3 Å². The highest BCUT2D eigenvalue weighted by atomic mass is 35.5. The molecule has 0 atom stereocenters. The van der Waals surface area contributed by atoms with Crippen LogP contribution >= 0.6 is 0 Å².